The van der Waals surface area contributed by atoms with E-state index >= 15 is 0 Å². The van der Waals surface area contributed by atoms with E-state index in [9.17, 15) is 9.59 Å². The van der Waals surface area contributed by atoms with Crippen LogP contribution < -0.4 is 25.1 Å². The number of benzene rings is 2. The number of halogens is 1. The number of amides is 1. The van der Waals surface area contributed by atoms with Gasteiger partial charge in [0.2, 0.25) is 0 Å². The molecule has 174 valence electrons. The van der Waals surface area contributed by atoms with Gasteiger partial charge in [-0.1, -0.05) is 11.6 Å². The minimum absolute atomic E-state index is 0.118. The first-order valence-electron chi connectivity index (χ1n) is 10.8. The molecule has 2 aromatic carbocycles. The quantitative estimate of drug-likeness (QED) is 0.547. The van der Waals surface area contributed by atoms with Crippen molar-refractivity contribution in [1.82, 2.24) is 0 Å². The van der Waals surface area contributed by atoms with E-state index in [1.807, 2.05) is 19.9 Å². The zero-order valence-electron chi connectivity index (χ0n) is 18.5. The van der Waals surface area contributed by atoms with Gasteiger partial charge in [-0.15, -0.1) is 0 Å². The molecule has 4 rings (SSSR count). The average Bonchev–Trinajstić information content (AvgIpc) is 2.81. The fourth-order valence-electron chi connectivity index (χ4n) is 3.67. The molecule has 1 saturated heterocycles. The number of anilines is 2. The van der Waals surface area contributed by atoms with Gasteiger partial charge in [0.25, 0.3) is 5.91 Å². The lowest BCUT2D eigenvalue weighted by molar-refractivity contribution is 0.0996. The molecule has 0 bridgehead atoms. The summed E-state index contributed by atoms with van der Waals surface area (Å²) in [5.74, 6) is 0.414. The summed E-state index contributed by atoms with van der Waals surface area (Å²) in [7, 11) is 0. The van der Waals surface area contributed by atoms with Gasteiger partial charge in [0.15, 0.2) is 11.2 Å². The van der Waals surface area contributed by atoms with E-state index in [1.54, 1.807) is 18.2 Å². The van der Waals surface area contributed by atoms with Gasteiger partial charge in [-0.3, -0.25) is 9.59 Å². The first-order valence-corrected chi connectivity index (χ1v) is 11.2. The molecule has 1 aromatic heterocycles. The van der Waals surface area contributed by atoms with Gasteiger partial charge >= 0.3 is 0 Å². The van der Waals surface area contributed by atoms with Gasteiger partial charge in [-0.2, -0.15) is 0 Å². The van der Waals surface area contributed by atoms with E-state index < -0.39 is 5.91 Å². The molecule has 0 unspecified atom stereocenters. The Hall–Kier alpha value is -3.23. The topological polar surface area (TPSA) is 90.2 Å². The highest BCUT2D eigenvalue weighted by Crippen LogP contribution is 2.39. The highest BCUT2D eigenvalue weighted by Gasteiger charge is 2.21. The maximum atomic E-state index is 13.0. The number of ether oxygens (including phenoxy) is 3. The lowest BCUT2D eigenvalue weighted by Crippen LogP contribution is -2.36. The highest BCUT2D eigenvalue weighted by atomic mass is 35.5. The molecule has 0 radical (unpaired) electrons. The zero-order chi connectivity index (χ0) is 23.4. The van der Waals surface area contributed by atoms with Crippen LogP contribution in [0.1, 0.15) is 24.4 Å². The predicted molar refractivity (Wildman–Crippen MR) is 127 cm³/mol. The van der Waals surface area contributed by atoms with Crippen molar-refractivity contribution < 1.29 is 23.4 Å². The van der Waals surface area contributed by atoms with Crippen LogP contribution in [0.4, 0.5) is 11.4 Å². The Morgan fingerprint density at radius 3 is 2.52 bits per heavy atom. The van der Waals surface area contributed by atoms with Crippen molar-refractivity contribution in [3.05, 3.63) is 57.4 Å². The third-order valence-electron chi connectivity index (χ3n) is 5.17. The summed E-state index contributed by atoms with van der Waals surface area (Å²) < 4.78 is 22.8. The molecule has 0 aliphatic carbocycles. The number of fused-ring (bicyclic) bond motifs is 1. The van der Waals surface area contributed by atoms with E-state index in [-0.39, 0.29) is 16.8 Å². The third-order valence-corrected chi connectivity index (χ3v) is 5.41. The molecule has 1 aliphatic rings. The van der Waals surface area contributed by atoms with Crippen LogP contribution in [-0.2, 0) is 4.74 Å². The molecular formula is C24H25ClN2O6. The minimum atomic E-state index is -0.577. The molecule has 33 heavy (non-hydrogen) atoms. The highest BCUT2D eigenvalue weighted by molar-refractivity contribution is 6.31. The van der Waals surface area contributed by atoms with Gasteiger partial charge in [-0.05, 0) is 32.0 Å². The van der Waals surface area contributed by atoms with Crippen LogP contribution in [0.2, 0.25) is 5.02 Å². The van der Waals surface area contributed by atoms with Gasteiger partial charge in [0.05, 0.1) is 43.2 Å². The van der Waals surface area contributed by atoms with Crippen molar-refractivity contribution in [2.24, 2.45) is 0 Å². The second kappa shape index (κ2) is 10.1. The fraction of sp³-hybridized carbons (Fsp3) is 0.333. The van der Waals surface area contributed by atoms with Crippen molar-refractivity contribution in [1.29, 1.82) is 0 Å². The normalized spacial score (nSPS) is 13.7. The molecule has 1 amide bonds. The monoisotopic (exact) mass is 472 g/mol. The number of carbonyl (C=O) groups is 1. The maximum absolute atomic E-state index is 13.0. The van der Waals surface area contributed by atoms with Gasteiger partial charge < -0.3 is 28.8 Å². The first kappa shape index (κ1) is 22.9. The number of morpholine rings is 1. The smallest absolute Gasteiger partial charge is 0.291 e. The Balaban J connectivity index is 1.69. The number of nitrogens with zero attached hydrogens (tertiary/aromatic N) is 1. The second-order valence-electron chi connectivity index (χ2n) is 7.35. The van der Waals surface area contributed by atoms with Crippen LogP contribution in [0.3, 0.4) is 0 Å². The number of rotatable bonds is 7. The third kappa shape index (κ3) is 5.07. The first-order chi connectivity index (χ1) is 16.0. The number of hydrogen-bond acceptors (Lipinski definition) is 7. The van der Waals surface area contributed by atoms with Gasteiger partial charge in [-0.25, -0.2) is 0 Å². The lowest BCUT2D eigenvalue weighted by Gasteiger charge is -2.31. The standard InChI is InChI=1S/C24H25ClN2O6/c1-3-31-21-13-18(27-7-9-30-10-8-27)22(32-4-2)12-17(21)26-24(29)23-14-19(28)16-11-15(25)5-6-20(16)33-23/h5-6,11-14H,3-4,7-10H2,1-2H3,(H,26,29). The van der Waals surface area contributed by atoms with Crippen LogP contribution >= 0.6 is 11.6 Å². The van der Waals surface area contributed by atoms with Crippen molar-refractivity contribution in [2.75, 3.05) is 49.7 Å². The summed E-state index contributed by atoms with van der Waals surface area (Å²) in [5.41, 5.74) is 1.21. The van der Waals surface area contributed by atoms with Gasteiger partial charge in [0, 0.05) is 36.3 Å². The Bertz CT molecular complexity index is 1220. The maximum Gasteiger partial charge on any atom is 0.291 e. The molecule has 1 N–H and O–H groups in total. The Kier molecular flexibility index (Phi) is 7.05. The summed E-state index contributed by atoms with van der Waals surface area (Å²) in [4.78, 5) is 27.6. The number of carbonyl (C=O) groups excluding carboxylic acids is 1. The van der Waals surface area contributed by atoms with Crippen LogP contribution in [0.5, 0.6) is 11.5 Å². The lowest BCUT2D eigenvalue weighted by atomic mass is 10.2. The van der Waals surface area contributed by atoms with Crippen LogP contribution in [0.15, 0.2) is 45.6 Å². The molecule has 0 spiro atoms. The molecule has 1 aliphatic heterocycles. The van der Waals surface area contributed by atoms with E-state index in [0.717, 1.165) is 24.8 Å². The SMILES string of the molecule is CCOc1cc(N2CCOCC2)c(OCC)cc1NC(=O)c1cc(=O)c2cc(Cl)ccc2o1. The van der Waals surface area contributed by atoms with E-state index in [0.29, 0.717) is 54.0 Å². The summed E-state index contributed by atoms with van der Waals surface area (Å²) in [6.45, 7) is 7.33. The van der Waals surface area contributed by atoms with E-state index in [4.69, 9.17) is 30.2 Å². The summed E-state index contributed by atoms with van der Waals surface area (Å²) in [5, 5.41) is 3.52. The molecular weight excluding hydrogens is 448 g/mol. The Labute approximate surface area is 196 Å². The summed E-state index contributed by atoms with van der Waals surface area (Å²) >= 11 is 5.96. The molecule has 8 nitrogen and oxygen atoms in total. The van der Waals surface area contributed by atoms with Crippen LogP contribution in [0.25, 0.3) is 11.0 Å². The van der Waals surface area contributed by atoms with Crippen LogP contribution in [-0.4, -0.2) is 45.4 Å². The molecule has 1 fully saturated rings. The molecule has 0 atom stereocenters. The largest absolute Gasteiger partial charge is 0.492 e. The predicted octanol–water partition coefficient (Wildman–Crippen LogP) is 4.33. The minimum Gasteiger partial charge on any atom is -0.492 e. The van der Waals surface area contributed by atoms with Gasteiger partial charge in [0.1, 0.15) is 17.1 Å². The summed E-state index contributed by atoms with van der Waals surface area (Å²) in [6.07, 6.45) is 0. The van der Waals surface area contributed by atoms with Crippen LogP contribution in [0, 0.1) is 0 Å². The zero-order valence-corrected chi connectivity index (χ0v) is 19.2. The molecule has 3 aromatic rings. The van der Waals surface area contributed by atoms with E-state index in [1.165, 1.54) is 6.07 Å². The van der Waals surface area contributed by atoms with Crippen molar-refractivity contribution in [3.8, 4) is 11.5 Å². The van der Waals surface area contributed by atoms with Crippen molar-refractivity contribution in [3.63, 3.8) is 0 Å². The number of nitrogens with one attached hydrogen (secondary N) is 1. The second-order valence-corrected chi connectivity index (χ2v) is 7.79. The fourth-order valence-corrected chi connectivity index (χ4v) is 3.84. The van der Waals surface area contributed by atoms with Crippen molar-refractivity contribution >= 4 is 39.9 Å². The van der Waals surface area contributed by atoms with Crippen molar-refractivity contribution in [2.45, 2.75) is 13.8 Å². The number of hydrogen-bond donors (Lipinski definition) is 1. The molecule has 2 heterocycles. The molecule has 9 heteroatoms. The molecule has 0 saturated carbocycles. The summed E-state index contributed by atoms with van der Waals surface area (Å²) in [6, 6.07) is 9.41. The average molecular weight is 473 g/mol. The van der Waals surface area contributed by atoms with E-state index in [2.05, 4.69) is 10.2 Å². The Morgan fingerprint density at radius 2 is 1.79 bits per heavy atom. The Morgan fingerprint density at radius 1 is 1.06 bits per heavy atom.